The van der Waals surface area contributed by atoms with Gasteiger partial charge in [-0.15, -0.1) is 0 Å². The van der Waals surface area contributed by atoms with Crippen LogP contribution in [0.1, 0.15) is 18.7 Å². The molecule has 1 aromatic heterocycles. The Labute approximate surface area is 120 Å². The number of nitrogens with two attached hydrogens (primary N) is 1. The van der Waals surface area contributed by atoms with Gasteiger partial charge in [-0.3, -0.25) is 9.48 Å². The van der Waals surface area contributed by atoms with Crippen LogP contribution in [-0.4, -0.2) is 15.7 Å². The highest BCUT2D eigenvalue weighted by Gasteiger charge is 2.17. The van der Waals surface area contributed by atoms with Crippen LogP contribution in [0.4, 0.5) is 15.8 Å². The Balaban J connectivity index is 2.13. The molecular weight excluding hydrogens is 283 g/mol. The fourth-order valence-electron chi connectivity index (χ4n) is 1.65. The molecule has 0 aliphatic carbocycles. The topological polar surface area (TPSA) is 72.9 Å². The summed E-state index contributed by atoms with van der Waals surface area (Å²) in [4.78, 5) is 12.1. The fourth-order valence-corrected chi connectivity index (χ4v) is 1.78. The molecule has 0 saturated heterocycles. The molecule has 7 heteroatoms. The fraction of sp³-hybridized carbons (Fsp3) is 0.231. The lowest BCUT2D eigenvalue weighted by molar-refractivity contribution is -0.119. The van der Waals surface area contributed by atoms with E-state index in [0.717, 1.165) is 0 Å². The summed E-state index contributed by atoms with van der Waals surface area (Å²) in [5.74, 6) is -0.819. The number of hydrogen-bond donors (Lipinski definition) is 2. The Bertz CT molecular complexity index is 636. The molecular formula is C13H14ClFN4O. The van der Waals surface area contributed by atoms with Crippen molar-refractivity contribution < 1.29 is 9.18 Å². The average Bonchev–Trinajstić information content (AvgIpc) is 2.73. The Kier molecular flexibility index (Phi) is 3.94. The number of carbonyl (C=O) groups is 1. The maximum Gasteiger partial charge on any atom is 0.248 e. The maximum absolute atomic E-state index is 13.0. The van der Waals surface area contributed by atoms with Crippen LogP contribution in [0.25, 0.3) is 0 Å². The third-order valence-corrected chi connectivity index (χ3v) is 3.27. The molecule has 5 nitrogen and oxygen atoms in total. The van der Waals surface area contributed by atoms with Crippen molar-refractivity contribution in [3.05, 3.63) is 40.9 Å². The van der Waals surface area contributed by atoms with Crippen LogP contribution in [0, 0.1) is 12.7 Å². The van der Waals surface area contributed by atoms with Gasteiger partial charge in [0, 0.05) is 11.9 Å². The standard InChI is InChI=1S/C13H14ClFN4O/c1-7-10(14)6-19(18-7)8(2)13(20)17-9-3-4-11(15)12(16)5-9/h3-6,8H,16H2,1-2H3,(H,17,20). The van der Waals surface area contributed by atoms with E-state index in [4.69, 9.17) is 17.3 Å². The van der Waals surface area contributed by atoms with Gasteiger partial charge in [0.25, 0.3) is 0 Å². The molecule has 106 valence electrons. The lowest BCUT2D eigenvalue weighted by Gasteiger charge is -2.13. The molecule has 0 aliphatic rings. The first-order valence-corrected chi connectivity index (χ1v) is 6.33. The van der Waals surface area contributed by atoms with Crippen molar-refractivity contribution in [1.82, 2.24) is 9.78 Å². The van der Waals surface area contributed by atoms with Gasteiger partial charge in [0.15, 0.2) is 0 Å². The first kappa shape index (κ1) is 14.3. The third kappa shape index (κ3) is 2.91. The quantitative estimate of drug-likeness (QED) is 0.855. The summed E-state index contributed by atoms with van der Waals surface area (Å²) in [5.41, 5.74) is 6.50. The molecule has 1 aromatic carbocycles. The third-order valence-electron chi connectivity index (χ3n) is 2.90. The summed E-state index contributed by atoms with van der Waals surface area (Å²) in [6.45, 7) is 3.44. The Hall–Kier alpha value is -2.08. The number of aromatic nitrogens is 2. The molecule has 2 rings (SSSR count). The summed E-state index contributed by atoms with van der Waals surface area (Å²) in [5, 5.41) is 7.29. The lowest BCUT2D eigenvalue weighted by Crippen LogP contribution is -2.24. The number of hydrogen-bond acceptors (Lipinski definition) is 3. The molecule has 0 bridgehead atoms. The van der Waals surface area contributed by atoms with E-state index in [1.165, 1.54) is 22.9 Å². The summed E-state index contributed by atoms with van der Waals surface area (Å²) < 4.78 is 14.5. The molecule has 1 unspecified atom stereocenters. The molecule has 0 radical (unpaired) electrons. The van der Waals surface area contributed by atoms with E-state index in [9.17, 15) is 9.18 Å². The minimum atomic E-state index is -0.549. The number of rotatable bonds is 3. The highest BCUT2D eigenvalue weighted by Crippen LogP contribution is 2.19. The zero-order valence-electron chi connectivity index (χ0n) is 11.0. The smallest absolute Gasteiger partial charge is 0.248 e. The van der Waals surface area contributed by atoms with Gasteiger partial charge in [0.1, 0.15) is 11.9 Å². The van der Waals surface area contributed by atoms with Crippen LogP contribution in [-0.2, 0) is 4.79 Å². The summed E-state index contributed by atoms with van der Waals surface area (Å²) >= 11 is 5.90. The van der Waals surface area contributed by atoms with Crippen molar-refractivity contribution >= 4 is 28.9 Å². The second kappa shape index (κ2) is 5.50. The lowest BCUT2D eigenvalue weighted by atomic mass is 10.2. The summed E-state index contributed by atoms with van der Waals surface area (Å²) in [6.07, 6.45) is 1.58. The molecule has 1 atom stereocenters. The molecule has 3 N–H and O–H groups in total. The van der Waals surface area contributed by atoms with Crippen molar-refractivity contribution in [2.45, 2.75) is 19.9 Å². The van der Waals surface area contributed by atoms with Gasteiger partial charge >= 0.3 is 0 Å². The Morgan fingerprint density at radius 3 is 2.80 bits per heavy atom. The molecule has 0 saturated carbocycles. The first-order valence-electron chi connectivity index (χ1n) is 5.95. The van der Waals surface area contributed by atoms with Gasteiger partial charge in [-0.1, -0.05) is 11.6 Å². The van der Waals surface area contributed by atoms with Crippen LogP contribution in [0.5, 0.6) is 0 Å². The maximum atomic E-state index is 13.0. The predicted octanol–water partition coefficient (Wildman–Crippen LogP) is 2.77. The van der Waals surface area contributed by atoms with Crippen molar-refractivity contribution in [3.8, 4) is 0 Å². The Morgan fingerprint density at radius 2 is 2.25 bits per heavy atom. The number of nitrogens with zero attached hydrogens (tertiary/aromatic N) is 2. The second-order valence-electron chi connectivity index (χ2n) is 4.44. The van der Waals surface area contributed by atoms with E-state index >= 15 is 0 Å². The van der Waals surface area contributed by atoms with E-state index in [-0.39, 0.29) is 11.6 Å². The number of benzene rings is 1. The van der Waals surface area contributed by atoms with Crippen molar-refractivity contribution in [3.63, 3.8) is 0 Å². The molecule has 0 spiro atoms. The second-order valence-corrected chi connectivity index (χ2v) is 4.85. The molecule has 1 amide bonds. The number of carbonyl (C=O) groups excluding carboxylic acids is 1. The number of amides is 1. The highest BCUT2D eigenvalue weighted by molar-refractivity contribution is 6.31. The minimum Gasteiger partial charge on any atom is -0.396 e. The average molecular weight is 297 g/mol. The summed E-state index contributed by atoms with van der Waals surface area (Å²) in [6, 6.07) is 3.45. The van der Waals surface area contributed by atoms with Gasteiger partial charge < -0.3 is 11.1 Å². The molecule has 20 heavy (non-hydrogen) atoms. The zero-order chi connectivity index (χ0) is 14.9. The monoisotopic (exact) mass is 296 g/mol. The highest BCUT2D eigenvalue weighted by atomic mass is 35.5. The van der Waals surface area contributed by atoms with E-state index in [2.05, 4.69) is 10.4 Å². The SMILES string of the molecule is Cc1nn(C(C)C(=O)Nc2ccc(F)c(N)c2)cc1Cl. The number of halogens is 2. The van der Waals surface area contributed by atoms with Crippen LogP contribution in [0.3, 0.4) is 0 Å². The van der Waals surface area contributed by atoms with Gasteiger partial charge in [0.2, 0.25) is 5.91 Å². The van der Waals surface area contributed by atoms with Crippen LogP contribution >= 0.6 is 11.6 Å². The van der Waals surface area contributed by atoms with E-state index in [1.807, 2.05) is 0 Å². The first-order chi connectivity index (χ1) is 9.38. The van der Waals surface area contributed by atoms with Gasteiger partial charge in [-0.2, -0.15) is 5.10 Å². The van der Waals surface area contributed by atoms with Crippen molar-refractivity contribution in [2.24, 2.45) is 0 Å². The zero-order valence-corrected chi connectivity index (χ0v) is 11.8. The number of aryl methyl sites for hydroxylation is 1. The molecule has 0 fully saturated rings. The van der Waals surface area contributed by atoms with E-state index in [1.54, 1.807) is 20.0 Å². The van der Waals surface area contributed by atoms with Crippen molar-refractivity contribution in [2.75, 3.05) is 11.1 Å². The van der Waals surface area contributed by atoms with Crippen molar-refractivity contribution in [1.29, 1.82) is 0 Å². The van der Waals surface area contributed by atoms with Gasteiger partial charge in [-0.05, 0) is 32.0 Å². The van der Waals surface area contributed by atoms with Crippen LogP contribution < -0.4 is 11.1 Å². The van der Waals surface area contributed by atoms with Gasteiger partial charge in [0.05, 0.1) is 16.4 Å². The van der Waals surface area contributed by atoms with Crippen LogP contribution in [0.15, 0.2) is 24.4 Å². The normalized spacial score (nSPS) is 12.2. The number of nitrogen functional groups attached to an aromatic ring is 1. The molecule has 1 heterocycles. The largest absolute Gasteiger partial charge is 0.396 e. The van der Waals surface area contributed by atoms with E-state index < -0.39 is 11.9 Å². The number of nitrogens with one attached hydrogen (secondary N) is 1. The minimum absolute atomic E-state index is 0.0200. The Morgan fingerprint density at radius 1 is 1.55 bits per heavy atom. The molecule has 2 aromatic rings. The van der Waals surface area contributed by atoms with Gasteiger partial charge in [-0.25, -0.2) is 4.39 Å². The van der Waals surface area contributed by atoms with E-state index in [0.29, 0.717) is 16.4 Å². The number of anilines is 2. The predicted molar refractivity (Wildman–Crippen MR) is 76.1 cm³/mol. The van der Waals surface area contributed by atoms with Crippen LogP contribution in [0.2, 0.25) is 5.02 Å². The molecule has 0 aliphatic heterocycles. The summed E-state index contributed by atoms with van der Waals surface area (Å²) in [7, 11) is 0.